The van der Waals surface area contributed by atoms with Crippen LogP contribution in [0, 0.1) is 22.7 Å². The summed E-state index contributed by atoms with van der Waals surface area (Å²) in [7, 11) is 0. The fourth-order valence-corrected chi connectivity index (χ4v) is 2.92. The van der Waals surface area contributed by atoms with E-state index in [0.29, 0.717) is 12.1 Å². The summed E-state index contributed by atoms with van der Waals surface area (Å²) in [6, 6.07) is 8.47. The minimum Gasteiger partial charge on any atom is -1.00 e. The van der Waals surface area contributed by atoms with E-state index in [0.717, 1.165) is 18.2 Å². The van der Waals surface area contributed by atoms with Crippen LogP contribution in [0.15, 0.2) is 36.4 Å². The van der Waals surface area contributed by atoms with Crippen LogP contribution in [0.2, 0.25) is 0 Å². The van der Waals surface area contributed by atoms with E-state index in [9.17, 15) is 46.1 Å². The van der Waals surface area contributed by atoms with Crippen molar-refractivity contribution in [1.82, 2.24) is 0 Å². The van der Waals surface area contributed by atoms with Gasteiger partial charge in [0.15, 0.2) is 0 Å². The molecule has 42 heavy (non-hydrogen) atoms. The standard InChI is InChI=1S/C13H13F3N2O2.C12H10BrF3N2O2.BrH.Li/c1-3-12(2,20)11(19)18-9-5-4-8(7-17)10(6-9)13(14,15)16;1-11(20,6-13)10(19)18-8-3-2-7(5-17)9(4-8)12(14,15)16;;/h4-6,20H,3H2,1-2H3,(H,18,19);2-4,20H,6H2,1H3,(H,18,19);1H;/q;;;+1/p-1. The molecule has 4 N–H and O–H groups in total. The van der Waals surface area contributed by atoms with Crippen molar-refractivity contribution in [2.75, 3.05) is 16.0 Å². The quantitative estimate of drug-likeness (QED) is 0.177. The number of aliphatic hydroxyl groups is 2. The molecule has 2 aromatic carbocycles. The summed E-state index contributed by atoms with van der Waals surface area (Å²) in [6.07, 6.45) is -9.29. The van der Waals surface area contributed by atoms with E-state index < -0.39 is 57.6 Å². The van der Waals surface area contributed by atoms with Crippen molar-refractivity contribution < 1.29 is 82.0 Å². The fourth-order valence-electron chi connectivity index (χ4n) is 2.66. The minimum atomic E-state index is -4.70. The molecule has 0 aliphatic carbocycles. The van der Waals surface area contributed by atoms with E-state index in [1.54, 1.807) is 6.92 Å². The smallest absolute Gasteiger partial charge is 1.00 e. The molecule has 2 aromatic rings. The molecule has 2 rings (SSSR count). The second-order valence-electron chi connectivity index (χ2n) is 8.68. The zero-order valence-electron chi connectivity index (χ0n) is 22.5. The summed E-state index contributed by atoms with van der Waals surface area (Å²) in [5.74, 6) is -1.66. The Kier molecular flexibility index (Phi) is 16.1. The Morgan fingerprint density at radius 2 is 1.14 bits per heavy atom. The topological polar surface area (TPSA) is 146 Å². The normalized spacial score (nSPS) is 13.6. The van der Waals surface area contributed by atoms with Gasteiger partial charge in [0.2, 0.25) is 0 Å². The maximum Gasteiger partial charge on any atom is 1.00 e. The Bertz CT molecular complexity index is 1240. The first-order valence-electron chi connectivity index (χ1n) is 11.1. The molecule has 0 saturated heterocycles. The average molecular weight is 724 g/mol. The Labute approximate surface area is 268 Å². The van der Waals surface area contributed by atoms with E-state index in [1.807, 2.05) is 0 Å². The molecule has 0 saturated carbocycles. The molecule has 0 radical (unpaired) electrons. The van der Waals surface area contributed by atoms with Crippen molar-refractivity contribution in [3.8, 4) is 12.1 Å². The molecule has 2 unspecified atom stereocenters. The molecule has 0 fully saturated rings. The average Bonchev–Trinajstić information content (AvgIpc) is 2.87. The predicted octanol–water partition coefficient (Wildman–Crippen LogP) is -0.654. The number of anilines is 2. The zero-order valence-corrected chi connectivity index (χ0v) is 25.7. The van der Waals surface area contributed by atoms with Crippen LogP contribution in [0.4, 0.5) is 37.7 Å². The van der Waals surface area contributed by atoms with Crippen LogP contribution in [0.5, 0.6) is 0 Å². The SMILES string of the molecule is CC(O)(CBr)C(=O)Nc1ccc(C#N)c(C(F)(F)F)c1.CCC(C)(O)C(=O)Nc1ccc(C#N)c(C(F)(F)F)c1.[Br-].[Li+]. The third-order valence-electron chi connectivity index (χ3n) is 5.33. The van der Waals surface area contributed by atoms with E-state index in [2.05, 4.69) is 26.6 Å². The number of amides is 2. The molecule has 224 valence electrons. The van der Waals surface area contributed by atoms with Crippen LogP contribution in [0.25, 0.3) is 0 Å². The van der Waals surface area contributed by atoms with Crippen LogP contribution in [0.1, 0.15) is 49.4 Å². The maximum absolute atomic E-state index is 12.7. The maximum atomic E-state index is 12.7. The number of rotatable bonds is 6. The van der Waals surface area contributed by atoms with E-state index in [-0.39, 0.29) is 59.0 Å². The number of hydrogen-bond donors (Lipinski definition) is 4. The van der Waals surface area contributed by atoms with Crippen molar-refractivity contribution in [3.63, 3.8) is 0 Å². The Hall–Kier alpha value is -2.58. The molecule has 17 heteroatoms. The van der Waals surface area contributed by atoms with Crippen molar-refractivity contribution in [3.05, 3.63) is 58.7 Å². The monoisotopic (exact) mass is 722 g/mol. The largest absolute Gasteiger partial charge is 1.00 e. The summed E-state index contributed by atoms with van der Waals surface area (Å²) < 4.78 is 76.4. The third kappa shape index (κ3) is 11.6. The first kappa shape index (κ1) is 41.6. The number of benzene rings is 2. The van der Waals surface area contributed by atoms with E-state index in [1.165, 1.54) is 32.1 Å². The van der Waals surface area contributed by atoms with Crippen LogP contribution >= 0.6 is 15.9 Å². The number of alkyl halides is 7. The van der Waals surface area contributed by atoms with Gasteiger partial charge in [-0.3, -0.25) is 9.59 Å². The molecule has 8 nitrogen and oxygen atoms in total. The van der Waals surface area contributed by atoms with Crippen LogP contribution in [-0.2, 0) is 21.9 Å². The number of nitriles is 2. The Morgan fingerprint density at radius 3 is 1.40 bits per heavy atom. The van der Waals surface area contributed by atoms with Gasteiger partial charge < -0.3 is 37.8 Å². The van der Waals surface area contributed by atoms with Gasteiger partial charge in [-0.15, -0.1) is 0 Å². The van der Waals surface area contributed by atoms with E-state index in [4.69, 9.17) is 10.5 Å². The predicted molar refractivity (Wildman–Crippen MR) is 135 cm³/mol. The Morgan fingerprint density at radius 1 is 0.810 bits per heavy atom. The molecular formula is C25H23Br2F6LiN4O4. The number of carbonyl (C=O) groups excluding carboxylic acids is 2. The molecule has 0 bridgehead atoms. The summed E-state index contributed by atoms with van der Waals surface area (Å²) in [5.41, 5.74) is -7.05. The minimum absolute atomic E-state index is 0. The molecule has 0 spiro atoms. The van der Waals surface area contributed by atoms with E-state index >= 15 is 0 Å². The summed E-state index contributed by atoms with van der Waals surface area (Å²) in [6.45, 7) is 4.04. The van der Waals surface area contributed by atoms with Crippen LogP contribution in [-0.4, -0.2) is 38.6 Å². The number of halogens is 8. The first-order chi connectivity index (χ1) is 18.2. The second kappa shape index (κ2) is 16.3. The number of hydrogen-bond acceptors (Lipinski definition) is 6. The van der Waals surface area contributed by atoms with Crippen molar-refractivity contribution in [2.24, 2.45) is 0 Å². The van der Waals surface area contributed by atoms with Gasteiger partial charge in [0.25, 0.3) is 11.8 Å². The van der Waals surface area contributed by atoms with Crippen LogP contribution in [0.3, 0.4) is 0 Å². The fraction of sp³-hybridized carbons (Fsp3) is 0.360. The second-order valence-corrected chi connectivity index (χ2v) is 9.24. The van der Waals surface area contributed by atoms with Gasteiger partial charge in [-0.05, 0) is 56.7 Å². The van der Waals surface area contributed by atoms with Gasteiger partial charge in [0.05, 0.1) is 34.4 Å². The summed E-state index contributed by atoms with van der Waals surface area (Å²) in [5, 5.41) is 40.9. The van der Waals surface area contributed by atoms with Crippen LogP contribution < -0.4 is 46.5 Å². The van der Waals surface area contributed by atoms with Crippen molar-refractivity contribution >= 4 is 39.1 Å². The van der Waals surface area contributed by atoms with Gasteiger partial charge in [-0.2, -0.15) is 36.9 Å². The van der Waals surface area contributed by atoms with Gasteiger partial charge in [0, 0.05) is 16.7 Å². The molecule has 0 aromatic heterocycles. The Balaban J connectivity index is 0. The van der Waals surface area contributed by atoms with Gasteiger partial charge in [-0.25, -0.2) is 0 Å². The zero-order chi connectivity index (χ0) is 31.1. The van der Waals surface area contributed by atoms with Gasteiger partial charge >= 0.3 is 31.2 Å². The number of nitrogens with zero attached hydrogens (tertiary/aromatic N) is 2. The molecule has 0 aliphatic rings. The van der Waals surface area contributed by atoms with Gasteiger partial charge in [-0.1, -0.05) is 22.9 Å². The first-order valence-corrected chi connectivity index (χ1v) is 12.2. The summed E-state index contributed by atoms with van der Waals surface area (Å²) >= 11 is 2.92. The molecule has 0 aliphatic heterocycles. The number of nitrogens with one attached hydrogen (secondary N) is 2. The molecule has 2 amide bonds. The van der Waals surface area contributed by atoms with Crippen molar-refractivity contribution in [1.29, 1.82) is 10.5 Å². The molecule has 2 atom stereocenters. The van der Waals surface area contributed by atoms with Crippen molar-refractivity contribution in [2.45, 2.75) is 50.7 Å². The molecular weight excluding hydrogens is 701 g/mol. The number of carbonyl (C=O) groups is 2. The molecule has 0 heterocycles. The summed E-state index contributed by atoms with van der Waals surface area (Å²) in [4.78, 5) is 23.3. The third-order valence-corrected chi connectivity index (χ3v) is 6.43. The van der Waals surface area contributed by atoms with Gasteiger partial charge in [0.1, 0.15) is 11.2 Å².